The molecule has 6 rings (SSSR count). The Balaban J connectivity index is 1.17. The number of rotatable bonds is 7. The van der Waals surface area contributed by atoms with E-state index in [-0.39, 0.29) is 18.0 Å². The molecule has 1 aromatic heterocycles. The zero-order valence-corrected chi connectivity index (χ0v) is 24.3. The first-order valence-corrected chi connectivity index (χ1v) is 14.6. The molecule has 2 amide bonds. The molecule has 2 aromatic carbocycles. The number of carbonyl (C=O) groups is 2. The molecule has 3 fully saturated rings. The van der Waals surface area contributed by atoms with Crippen LogP contribution < -0.4 is 21.2 Å². The molecule has 2 bridgehead atoms. The van der Waals surface area contributed by atoms with E-state index in [9.17, 15) is 14.4 Å². The predicted molar refractivity (Wildman–Crippen MR) is 157 cm³/mol. The van der Waals surface area contributed by atoms with Crippen molar-refractivity contribution in [2.45, 2.75) is 78.0 Å². The van der Waals surface area contributed by atoms with Gasteiger partial charge in [-0.25, -0.2) is 4.79 Å². The third-order valence-electron chi connectivity index (χ3n) is 10.8. The lowest BCUT2D eigenvalue weighted by Crippen LogP contribution is -2.44. The molecular formula is C32H41N5O3. The Labute approximate surface area is 235 Å². The van der Waals surface area contributed by atoms with Gasteiger partial charge in [0, 0.05) is 45.3 Å². The van der Waals surface area contributed by atoms with Crippen molar-refractivity contribution >= 4 is 28.5 Å². The quantitative estimate of drug-likeness (QED) is 0.435. The number of nitrogens with zero attached hydrogens (tertiary/aromatic N) is 3. The molecule has 2 heterocycles. The zero-order chi connectivity index (χ0) is 28.4. The van der Waals surface area contributed by atoms with Gasteiger partial charge >= 0.3 is 5.69 Å². The highest BCUT2D eigenvalue weighted by atomic mass is 16.2. The highest BCUT2D eigenvalue weighted by Crippen LogP contribution is 2.65. The van der Waals surface area contributed by atoms with Crippen LogP contribution in [0.5, 0.6) is 0 Å². The lowest BCUT2D eigenvalue weighted by molar-refractivity contribution is -0.135. The van der Waals surface area contributed by atoms with Crippen molar-refractivity contribution in [2.24, 2.45) is 23.8 Å². The Kier molecular flexibility index (Phi) is 6.44. The van der Waals surface area contributed by atoms with E-state index in [1.165, 1.54) is 24.8 Å². The van der Waals surface area contributed by atoms with E-state index >= 15 is 0 Å². The second-order valence-corrected chi connectivity index (χ2v) is 13.0. The fourth-order valence-corrected chi connectivity index (χ4v) is 7.85. The highest BCUT2D eigenvalue weighted by Gasteiger charge is 2.60. The van der Waals surface area contributed by atoms with Gasteiger partial charge in [-0.15, -0.1) is 0 Å². The monoisotopic (exact) mass is 543 g/mol. The van der Waals surface area contributed by atoms with Crippen LogP contribution in [0.25, 0.3) is 11.0 Å². The summed E-state index contributed by atoms with van der Waals surface area (Å²) in [4.78, 5) is 39.7. The number of piperidine rings is 1. The normalized spacial score (nSPS) is 27.4. The average molecular weight is 544 g/mol. The highest BCUT2D eigenvalue weighted by molar-refractivity contribution is 6.00. The molecule has 212 valence electrons. The van der Waals surface area contributed by atoms with Crippen LogP contribution in [-0.2, 0) is 29.7 Å². The van der Waals surface area contributed by atoms with Gasteiger partial charge in [0.1, 0.15) is 6.04 Å². The summed E-state index contributed by atoms with van der Waals surface area (Å²) in [6.07, 6.45) is 4.52. The van der Waals surface area contributed by atoms with E-state index in [0.717, 1.165) is 29.2 Å². The SMILES string of the molecule is CN(Cc1cccc2c1n(C)c(=O)n2C1CCC(=O)NC1=O)c1ccc(CN[C@H]2C[C@H]3CC[C@]2(C)C3(C)C)cc1. The number of fused-ring (bicyclic) bond motifs is 3. The molecule has 2 saturated carbocycles. The minimum Gasteiger partial charge on any atom is -0.370 e. The Bertz CT molecular complexity index is 1530. The van der Waals surface area contributed by atoms with Crippen molar-refractivity contribution in [1.82, 2.24) is 19.8 Å². The second-order valence-electron chi connectivity index (χ2n) is 13.0. The van der Waals surface area contributed by atoms with Gasteiger partial charge in [0.05, 0.1) is 11.0 Å². The maximum atomic E-state index is 13.3. The first-order valence-electron chi connectivity index (χ1n) is 14.6. The summed E-state index contributed by atoms with van der Waals surface area (Å²) in [7, 11) is 3.80. The topological polar surface area (TPSA) is 88.4 Å². The minimum atomic E-state index is -0.684. The molecular weight excluding hydrogens is 502 g/mol. The van der Waals surface area contributed by atoms with E-state index in [0.29, 0.717) is 35.4 Å². The van der Waals surface area contributed by atoms with E-state index in [2.05, 4.69) is 67.6 Å². The summed E-state index contributed by atoms with van der Waals surface area (Å²) < 4.78 is 3.16. The third-order valence-corrected chi connectivity index (χ3v) is 10.8. The number of aromatic nitrogens is 2. The number of hydrogen-bond donors (Lipinski definition) is 2. The molecule has 0 radical (unpaired) electrons. The first-order chi connectivity index (χ1) is 19.0. The maximum absolute atomic E-state index is 13.3. The smallest absolute Gasteiger partial charge is 0.329 e. The van der Waals surface area contributed by atoms with Crippen LogP contribution in [0, 0.1) is 16.7 Å². The van der Waals surface area contributed by atoms with Crippen LogP contribution in [0.4, 0.5) is 5.69 Å². The molecule has 1 aliphatic heterocycles. The lowest BCUT2D eigenvalue weighted by atomic mass is 9.69. The summed E-state index contributed by atoms with van der Waals surface area (Å²) in [6.45, 7) is 8.88. The van der Waals surface area contributed by atoms with Gasteiger partial charge < -0.3 is 10.2 Å². The van der Waals surface area contributed by atoms with Crippen LogP contribution in [-0.4, -0.2) is 34.0 Å². The summed E-state index contributed by atoms with van der Waals surface area (Å²) >= 11 is 0. The van der Waals surface area contributed by atoms with E-state index < -0.39 is 11.9 Å². The molecule has 1 saturated heterocycles. The van der Waals surface area contributed by atoms with E-state index in [1.54, 1.807) is 16.2 Å². The summed E-state index contributed by atoms with van der Waals surface area (Å²) in [5.74, 6) is 0.125. The Morgan fingerprint density at radius 2 is 1.80 bits per heavy atom. The summed E-state index contributed by atoms with van der Waals surface area (Å²) in [5, 5.41) is 6.26. The van der Waals surface area contributed by atoms with Crippen molar-refractivity contribution < 1.29 is 9.59 Å². The molecule has 3 aliphatic rings. The number of para-hydroxylation sites is 1. The molecule has 2 N–H and O–H groups in total. The molecule has 2 aliphatic carbocycles. The molecule has 40 heavy (non-hydrogen) atoms. The second kappa shape index (κ2) is 9.61. The Hall–Kier alpha value is -3.39. The van der Waals surface area contributed by atoms with Crippen LogP contribution in [0.1, 0.15) is 70.0 Å². The van der Waals surface area contributed by atoms with E-state index in [4.69, 9.17) is 0 Å². The number of amides is 2. The van der Waals surface area contributed by atoms with Gasteiger partial charge in [0.25, 0.3) is 0 Å². The Morgan fingerprint density at radius 1 is 1.05 bits per heavy atom. The van der Waals surface area contributed by atoms with Crippen LogP contribution in [0.3, 0.4) is 0 Å². The lowest BCUT2D eigenvalue weighted by Gasteiger charge is -2.39. The van der Waals surface area contributed by atoms with Gasteiger partial charge in [-0.1, -0.05) is 45.0 Å². The van der Waals surface area contributed by atoms with Crippen LogP contribution >= 0.6 is 0 Å². The van der Waals surface area contributed by atoms with Crippen molar-refractivity contribution in [3.05, 3.63) is 64.1 Å². The summed E-state index contributed by atoms with van der Waals surface area (Å²) in [5.41, 5.74) is 5.45. The largest absolute Gasteiger partial charge is 0.370 e. The molecule has 1 unspecified atom stereocenters. The predicted octanol–water partition coefficient (Wildman–Crippen LogP) is 4.26. The number of imidazole rings is 1. The molecule has 0 spiro atoms. The van der Waals surface area contributed by atoms with Crippen molar-refractivity contribution in [1.29, 1.82) is 0 Å². The Morgan fingerprint density at radius 3 is 2.45 bits per heavy atom. The minimum absolute atomic E-state index is 0.228. The number of hydrogen-bond acceptors (Lipinski definition) is 5. The maximum Gasteiger partial charge on any atom is 0.329 e. The molecule has 8 heteroatoms. The molecule has 3 aromatic rings. The molecule has 8 nitrogen and oxygen atoms in total. The number of aryl methyl sites for hydroxylation is 1. The summed E-state index contributed by atoms with van der Waals surface area (Å²) in [6, 6.07) is 14.5. The fourth-order valence-electron chi connectivity index (χ4n) is 7.85. The van der Waals surface area contributed by atoms with Gasteiger partial charge in [-0.3, -0.25) is 24.0 Å². The average Bonchev–Trinajstić information content (AvgIpc) is 3.39. The van der Waals surface area contributed by atoms with Crippen LogP contribution in [0.2, 0.25) is 0 Å². The van der Waals surface area contributed by atoms with Gasteiger partial charge in [0.15, 0.2) is 0 Å². The number of benzene rings is 2. The van der Waals surface area contributed by atoms with Crippen LogP contribution in [0.15, 0.2) is 47.3 Å². The fraction of sp³-hybridized carbons (Fsp3) is 0.531. The number of nitrogens with one attached hydrogen (secondary N) is 2. The first kappa shape index (κ1) is 26.8. The zero-order valence-electron chi connectivity index (χ0n) is 24.3. The van der Waals surface area contributed by atoms with Gasteiger partial charge in [-0.05, 0) is 71.8 Å². The number of imide groups is 1. The standard InChI is InChI=1S/C32H41N5O3/c1-31(2)22-15-16-32(31,3)26(17-22)33-18-20-9-11-23(12-10-20)35(4)19-21-7-6-8-24-28(21)36(5)30(40)37(24)25-13-14-27(38)34-29(25)39/h6-12,22,25-26,33H,13-19H2,1-5H3,(H,34,38,39)/t22-,25?,26+,32+/m1/s1. The number of carbonyl (C=O) groups excluding carboxylic acids is 2. The number of anilines is 1. The van der Waals surface area contributed by atoms with E-state index in [1.807, 2.05) is 18.2 Å². The van der Waals surface area contributed by atoms with Gasteiger partial charge in [-0.2, -0.15) is 0 Å². The molecule has 4 atom stereocenters. The van der Waals surface area contributed by atoms with Gasteiger partial charge in [0.2, 0.25) is 11.8 Å². The third kappa shape index (κ3) is 4.10. The van der Waals surface area contributed by atoms with Crippen molar-refractivity contribution in [2.75, 3.05) is 11.9 Å². The van der Waals surface area contributed by atoms with Crippen molar-refractivity contribution in [3.63, 3.8) is 0 Å². The van der Waals surface area contributed by atoms with Crippen molar-refractivity contribution in [3.8, 4) is 0 Å².